The van der Waals surface area contributed by atoms with Crippen LogP contribution in [-0.2, 0) is 5.41 Å². The van der Waals surface area contributed by atoms with Crippen LogP contribution in [-0.4, -0.2) is 11.2 Å². The molecular weight excluding hydrogens is 246 g/mol. The molecule has 2 atom stereocenters. The van der Waals surface area contributed by atoms with Crippen molar-refractivity contribution in [1.82, 2.24) is 0 Å². The minimum Gasteiger partial charge on any atom is -0.393 e. The van der Waals surface area contributed by atoms with Gasteiger partial charge in [0.25, 0.3) is 0 Å². The number of benzene rings is 2. The van der Waals surface area contributed by atoms with Gasteiger partial charge in [0.05, 0.1) is 12.2 Å². The van der Waals surface area contributed by atoms with Crippen LogP contribution in [0.1, 0.15) is 25.0 Å². The summed E-state index contributed by atoms with van der Waals surface area (Å²) in [5.74, 6) is -0.211. The molecule has 0 unspecified atom stereocenters. The van der Waals surface area contributed by atoms with Crippen molar-refractivity contribution in [1.29, 1.82) is 5.26 Å². The second-order valence-corrected chi connectivity index (χ2v) is 5.18. The standard InChI is InChI=1S/C18H19NO/c1-14(15(2)20)18(13-19,16-9-5-3-6-10-16)17-11-7-4-8-12-17/h3-12,14-15,20H,1-2H3/t14-,15+/m0/s1. The van der Waals surface area contributed by atoms with Crippen molar-refractivity contribution < 1.29 is 5.11 Å². The summed E-state index contributed by atoms with van der Waals surface area (Å²) in [4.78, 5) is 0. The lowest BCUT2D eigenvalue weighted by atomic mass is 9.66. The molecule has 0 saturated carbocycles. The Bertz CT molecular complexity index is 544. The van der Waals surface area contributed by atoms with E-state index in [9.17, 15) is 10.4 Å². The Morgan fingerprint density at radius 2 is 1.30 bits per heavy atom. The molecule has 0 heterocycles. The first-order valence-corrected chi connectivity index (χ1v) is 6.83. The van der Waals surface area contributed by atoms with Crippen molar-refractivity contribution in [3.63, 3.8) is 0 Å². The minimum atomic E-state index is -0.837. The molecule has 0 bridgehead atoms. The second-order valence-electron chi connectivity index (χ2n) is 5.18. The molecule has 102 valence electrons. The third kappa shape index (κ3) is 2.33. The average Bonchev–Trinajstić information content (AvgIpc) is 2.50. The van der Waals surface area contributed by atoms with Gasteiger partial charge in [-0.15, -0.1) is 0 Å². The molecule has 2 nitrogen and oxygen atoms in total. The zero-order chi connectivity index (χ0) is 14.6. The summed E-state index contributed by atoms with van der Waals surface area (Å²) < 4.78 is 0. The average molecular weight is 265 g/mol. The van der Waals surface area contributed by atoms with Crippen LogP contribution in [0.15, 0.2) is 60.7 Å². The molecule has 0 amide bonds. The summed E-state index contributed by atoms with van der Waals surface area (Å²) in [5, 5.41) is 20.0. The molecular formula is C18H19NO. The Labute approximate surface area is 120 Å². The van der Waals surface area contributed by atoms with Crippen LogP contribution in [0.25, 0.3) is 0 Å². The van der Waals surface area contributed by atoms with E-state index in [4.69, 9.17) is 0 Å². The van der Waals surface area contributed by atoms with Crippen molar-refractivity contribution in [3.8, 4) is 6.07 Å². The number of hydrogen-bond donors (Lipinski definition) is 1. The molecule has 2 rings (SSSR count). The molecule has 0 spiro atoms. The maximum absolute atomic E-state index is 10.1. The number of nitrogens with zero attached hydrogens (tertiary/aromatic N) is 1. The van der Waals surface area contributed by atoms with E-state index in [0.717, 1.165) is 11.1 Å². The maximum Gasteiger partial charge on any atom is 0.112 e. The minimum absolute atomic E-state index is 0.211. The summed E-state index contributed by atoms with van der Waals surface area (Å²) >= 11 is 0. The van der Waals surface area contributed by atoms with E-state index >= 15 is 0 Å². The summed E-state index contributed by atoms with van der Waals surface area (Å²) in [6.45, 7) is 3.66. The zero-order valence-electron chi connectivity index (χ0n) is 11.8. The van der Waals surface area contributed by atoms with Gasteiger partial charge in [0.15, 0.2) is 0 Å². The van der Waals surface area contributed by atoms with Crippen LogP contribution in [0.5, 0.6) is 0 Å². The van der Waals surface area contributed by atoms with Gasteiger partial charge in [-0.05, 0) is 18.1 Å². The summed E-state index contributed by atoms with van der Waals surface area (Å²) in [6.07, 6.45) is -0.574. The first kappa shape index (κ1) is 14.3. The largest absolute Gasteiger partial charge is 0.393 e. The molecule has 0 aliphatic rings. The number of aliphatic hydroxyl groups excluding tert-OH is 1. The van der Waals surface area contributed by atoms with E-state index in [1.807, 2.05) is 67.6 Å². The topological polar surface area (TPSA) is 44.0 Å². The Morgan fingerprint density at radius 1 is 0.900 bits per heavy atom. The van der Waals surface area contributed by atoms with Crippen LogP contribution in [0.2, 0.25) is 0 Å². The van der Waals surface area contributed by atoms with Gasteiger partial charge in [-0.1, -0.05) is 67.6 Å². The fourth-order valence-corrected chi connectivity index (χ4v) is 2.69. The van der Waals surface area contributed by atoms with Crippen molar-refractivity contribution in [3.05, 3.63) is 71.8 Å². The van der Waals surface area contributed by atoms with E-state index in [-0.39, 0.29) is 5.92 Å². The Kier molecular flexibility index (Phi) is 4.22. The first-order chi connectivity index (χ1) is 9.63. The third-order valence-electron chi connectivity index (χ3n) is 4.04. The highest BCUT2D eigenvalue weighted by molar-refractivity contribution is 5.47. The van der Waals surface area contributed by atoms with E-state index in [1.165, 1.54) is 0 Å². The lowest BCUT2D eigenvalue weighted by Crippen LogP contribution is -2.39. The Morgan fingerprint density at radius 3 is 1.60 bits per heavy atom. The van der Waals surface area contributed by atoms with Crippen molar-refractivity contribution in [2.24, 2.45) is 5.92 Å². The monoisotopic (exact) mass is 265 g/mol. The summed E-state index contributed by atoms with van der Waals surface area (Å²) in [5.41, 5.74) is 1.00. The molecule has 0 fully saturated rings. The van der Waals surface area contributed by atoms with Gasteiger partial charge in [-0.25, -0.2) is 0 Å². The quantitative estimate of drug-likeness (QED) is 0.919. The SMILES string of the molecule is C[C@@H](O)[C@H](C)C(C#N)(c1ccccc1)c1ccccc1. The van der Waals surface area contributed by atoms with Crippen molar-refractivity contribution >= 4 is 0 Å². The molecule has 1 N–H and O–H groups in total. The number of nitriles is 1. The molecule has 0 saturated heterocycles. The van der Waals surface area contributed by atoms with Gasteiger partial charge in [-0.3, -0.25) is 0 Å². The first-order valence-electron chi connectivity index (χ1n) is 6.83. The molecule has 0 aliphatic carbocycles. The molecule has 0 aliphatic heterocycles. The number of rotatable bonds is 4. The molecule has 2 aromatic carbocycles. The smallest absolute Gasteiger partial charge is 0.112 e. The van der Waals surface area contributed by atoms with Crippen molar-refractivity contribution in [2.45, 2.75) is 25.4 Å². The molecule has 2 aromatic rings. The summed E-state index contributed by atoms with van der Waals surface area (Å²) in [6, 6.07) is 21.9. The molecule has 20 heavy (non-hydrogen) atoms. The van der Waals surface area contributed by atoms with Crippen LogP contribution in [0.4, 0.5) is 0 Å². The highest BCUT2D eigenvalue weighted by atomic mass is 16.3. The van der Waals surface area contributed by atoms with E-state index in [2.05, 4.69) is 6.07 Å². The van der Waals surface area contributed by atoms with Gasteiger partial charge < -0.3 is 5.11 Å². The molecule has 0 radical (unpaired) electrons. The fourth-order valence-electron chi connectivity index (χ4n) is 2.69. The van der Waals surface area contributed by atoms with Gasteiger partial charge in [-0.2, -0.15) is 5.26 Å². The van der Waals surface area contributed by atoms with Gasteiger partial charge in [0, 0.05) is 5.92 Å². The fraction of sp³-hybridized carbons (Fsp3) is 0.278. The zero-order valence-corrected chi connectivity index (χ0v) is 11.8. The van der Waals surface area contributed by atoms with Crippen molar-refractivity contribution in [2.75, 3.05) is 0 Å². The Hall–Kier alpha value is -2.11. The maximum atomic E-state index is 10.1. The predicted molar refractivity (Wildman–Crippen MR) is 80.1 cm³/mol. The number of hydrogen-bond acceptors (Lipinski definition) is 2. The summed E-state index contributed by atoms with van der Waals surface area (Å²) in [7, 11) is 0. The van der Waals surface area contributed by atoms with Crippen LogP contribution < -0.4 is 0 Å². The molecule has 2 heteroatoms. The highest BCUT2D eigenvalue weighted by Crippen LogP contribution is 2.40. The highest BCUT2D eigenvalue weighted by Gasteiger charge is 2.42. The van der Waals surface area contributed by atoms with Gasteiger partial charge in [0.1, 0.15) is 5.41 Å². The molecule has 0 aromatic heterocycles. The van der Waals surface area contributed by atoms with E-state index < -0.39 is 11.5 Å². The Balaban J connectivity index is 2.69. The van der Waals surface area contributed by atoms with Gasteiger partial charge in [0.2, 0.25) is 0 Å². The lowest BCUT2D eigenvalue weighted by molar-refractivity contribution is 0.110. The normalized spacial score (nSPS) is 14.3. The van der Waals surface area contributed by atoms with Crippen LogP contribution in [0, 0.1) is 17.2 Å². The van der Waals surface area contributed by atoms with E-state index in [1.54, 1.807) is 6.92 Å². The second kappa shape index (κ2) is 5.90. The lowest BCUT2D eigenvalue weighted by Gasteiger charge is -2.35. The van der Waals surface area contributed by atoms with E-state index in [0.29, 0.717) is 0 Å². The predicted octanol–water partition coefficient (Wildman–Crippen LogP) is 3.51. The number of aliphatic hydroxyl groups is 1. The van der Waals surface area contributed by atoms with Crippen LogP contribution in [0.3, 0.4) is 0 Å². The van der Waals surface area contributed by atoms with Gasteiger partial charge >= 0.3 is 0 Å². The van der Waals surface area contributed by atoms with Crippen LogP contribution >= 0.6 is 0 Å². The third-order valence-corrected chi connectivity index (χ3v) is 4.04.